The van der Waals surface area contributed by atoms with E-state index in [1.165, 1.54) is 0 Å². The average Bonchev–Trinajstić information content (AvgIpc) is 2.23. The SMILES string of the molecule is Cc1c(O)c(C(=O)O)cc2c1CCCC2. The van der Waals surface area contributed by atoms with Crippen LogP contribution in [0.4, 0.5) is 0 Å². The molecule has 1 aromatic carbocycles. The molecule has 15 heavy (non-hydrogen) atoms. The molecule has 0 aliphatic heterocycles. The lowest BCUT2D eigenvalue weighted by atomic mass is 9.86. The number of hydrogen-bond donors (Lipinski definition) is 2. The number of fused-ring (bicyclic) bond motifs is 1. The summed E-state index contributed by atoms with van der Waals surface area (Å²) in [6, 6.07) is 1.62. The summed E-state index contributed by atoms with van der Waals surface area (Å²) < 4.78 is 0. The van der Waals surface area contributed by atoms with E-state index in [9.17, 15) is 9.90 Å². The van der Waals surface area contributed by atoms with Crippen molar-refractivity contribution < 1.29 is 15.0 Å². The lowest BCUT2D eigenvalue weighted by Gasteiger charge is -2.19. The van der Waals surface area contributed by atoms with Crippen LogP contribution in [-0.4, -0.2) is 16.2 Å². The number of aryl methyl sites for hydroxylation is 1. The summed E-state index contributed by atoms with van der Waals surface area (Å²) in [5.41, 5.74) is 3.01. The third-order valence-corrected chi connectivity index (χ3v) is 3.12. The van der Waals surface area contributed by atoms with E-state index in [2.05, 4.69) is 0 Å². The van der Waals surface area contributed by atoms with E-state index in [1.807, 2.05) is 0 Å². The molecule has 0 fully saturated rings. The van der Waals surface area contributed by atoms with Crippen LogP contribution in [-0.2, 0) is 12.8 Å². The zero-order valence-corrected chi connectivity index (χ0v) is 8.71. The van der Waals surface area contributed by atoms with E-state index in [0.717, 1.165) is 42.4 Å². The molecule has 0 aromatic heterocycles. The predicted octanol–water partition coefficient (Wildman–Crippen LogP) is 2.28. The van der Waals surface area contributed by atoms with Crippen LogP contribution in [0, 0.1) is 6.92 Å². The van der Waals surface area contributed by atoms with Crippen molar-refractivity contribution in [2.45, 2.75) is 32.6 Å². The van der Waals surface area contributed by atoms with Gasteiger partial charge in [0.15, 0.2) is 0 Å². The maximum Gasteiger partial charge on any atom is 0.339 e. The Hall–Kier alpha value is -1.51. The first kappa shape index (κ1) is 10.0. The number of benzene rings is 1. The second-order valence-electron chi connectivity index (χ2n) is 4.05. The molecule has 0 saturated carbocycles. The second kappa shape index (κ2) is 3.57. The second-order valence-corrected chi connectivity index (χ2v) is 4.05. The lowest BCUT2D eigenvalue weighted by molar-refractivity contribution is 0.0693. The van der Waals surface area contributed by atoms with Gasteiger partial charge in [-0.25, -0.2) is 4.79 Å². The van der Waals surface area contributed by atoms with Gasteiger partial charge in [0.05, 0.1) is 0 Å². The first-order chi connectivity index (χ1) is 7.11. The molecule has 0 saturated heterocycles. The number of carbonyl (C=O) groups is 1. The van der Waals surface area contributed by atoms with Crippen molar-refractivity contribution in [3.63, 3.8) is 0 Å². The van der Waals surface area contributed by atoms with Crippen molar-refractivity contribution in [1.29, 1.82) is 0 Å². The standard InChI is InChI=1S/C12H14O3/c1-7-9-5-3-2-4-8(9)6-10(11(7)13)12(14)15/h6,13H,2-5H2,1H3,(H,14,15). The van der Waals surface area contributed by atoms with Crippen LogP contribution in [0.15, 0.2) is 6.07 Å². The molecule has 3 heteroatoms. The number of carboxylic acid groups (broad SMARTS) is 1. The first-order valence-corrected chi connectivity index (χ1v) is 5.19. The highest BCUT2D eigenvalue weighted by molar-refractivity contribution is 5.92. The minimum atomic E-state index is -1.05. The van der Waals surface area contributed by atoms with Gasteiger partial charge in [0, 0.05) is 0 Å². The van der Waals surface area contributed by atoms with E-state index in [0.29, 0.717) is 0 Å². The topological polar surface area (TPSA) is 57.5 Å². The molecule has 0 amide bonds. The quantitative estimate of drug-likeness (QED) is 0.741. The van der Waals surface area contributed by atoms with E-state index in [4.69, 9.17) is 5.11 Å². The average molecular weight is 206 g/mol. The largest absolute Gasteiger partial charge is 0.507 e. The summed E-state index contributed by atoms with van der Waals surface area (Å²) in [5, 5.41) is 18.7. The fourth-order valence-corrected chi connectivity index (χ4v) is 2.27. The summed E-state index contributed by atoms with van der Waals surface area (Å²) in [4.78, 5) is 10.9. The lowest BCUT2D eigenvalue weighted by Crippen LogP contribution is -2.08. The third kappa shape index (κ3) is 1.58. The Morgan fingerprint density at radius 2 is 2.00 bits per heavy atom. The van der Waals surface area contributed by atoms with Gasteiger partial charge in [-0.15, -0.1) is 0 Å². The fourth-order valence-electron chi connectivity index (χ4n) is 2.27. The van der Waals surface area contributed by atoms with Gasteiger partial charge in [0.25, 0.3) is 0 Å². The number of aromatic hydroxyl groups is 1. The Labute approximate surface area is 88.4 Å². The van der Waals surface area contributed by atoms with Crippen LogP contribution in [0.3, 0.4) is 0 Å². The molecule has 1 aliphatic carbocycles. The minimum Gasteiger partial charge on any atom is -0.507 e. The van der Waals surface area contributed by atoms with Gasteiger partial charge in [0.2, 0.25) is 0 Å². The Morgan fingerprint density at radius 3 is 2.67 bits per heavy atom. The van der Waals surface area contributed by atoms with Crippen molar-refractivity contribution >= 4 is 5.97 Å². The Kier molecular flexibility index (Phi) is 2.39. The Bertz CT molecular complexity index is 421. The van der Waals surface area contributed by atoms with Crippen molar-refractivity contribution in [3.05, 3.63) is 28.3 Å². The summed E-state index contributed by atoms with van der Waals surface area (Å²) in [6.45, 7) is 1.80. The fraction of sp³-hybridized carbons (Fsp3) is 0.417. The third-order valence-electron chi connectivity index (χ3n) is 3.12. The Morgan fingerprint density at radius 1 is 1.33 bits per heavy atom. The van der Waals surface area contributed by atoms with E-state index >= 15 is 0 Å². The van der Waals surface area contributed by atoms with Crippen molar-refractivity contribution in [1.82, 2.24) is 0 Å². The molecule has 0 atom stereocenters. The van der Waals surface area contributed by atoms with Crippen LogP contribution >= 0.6 is 0 Å². The highest BCUT2D eigenvalue weighted by Crippen LogP contribution is 2.32. The summed E-state index contributed by atoms with van der Waals surface area (Å²) in [5.74, 6) is -1.12. The van der Waals surface area contributed by atoms with Gasteiger partial charge >= 0.3 is 5.97 Å². The van der Waals surface area contributed by atoms with E-state index in [1.54, 1.807) is 13.0 Å². The van der Waals surface area contributed by atoms with Crippen LogP contribution in [0.1, 0.15) is 39.9 Å². The van der Waals surface area contributed by atoms with Crippen LogP contribution < -0.4 is 0 Å². The molecule has 3 nitrogen and oxygen atoms in total. The van der Waals surface area contributed by atoms with Gasteiger partial charge in [-0.1, -0.05) is 0 Å². The van der Waals surface area contributed by atoms with E-state index < -0.39 is 5.97 Å². The molecule has 0 bridgehead atoms. The zero-order valence-electron chi connectivity index (χ0n) is 8.71. The van der Waals surface area contributed by atoms with Crippen LogP contribution in [0.25, 0.3) is 0 Å². The van der Waals surface area contributed by atoms with Gasteiger partial charge in [-0.05, 0) is 55.4 Å². The number of hydrogen-bond acceptors (Lipinski definition) is 2. The van der Waals surface area contributed by atoms with Gasteiger partial charge in [0.1, 0.15) is 11.3 Å². The number of phenols is 1. The van der Waals surface area contributed by atoms with Crippen LogP contribution in [0.2, 0.25) is 0 Å². The molecule has 0 heterocycles. The molecule has 1 aromatic rings. The molecular formula is C12H14O3. The number of carboxylic acids is 1. The molecule has 80 valence electrons. The summed E-state index contributed by atoms with van der Waals surface area (Å²) in [6.07, 6.45) is 4.11. The molecule has 1 aliphatic rings. The normalized spacial score (nSPS) is 14.7. The molecule has 0 spiro atoms. The van der Waals surface area contributed by atoms with Crippen LogP contribution in [0.5, 0.6) is 5.75 Å². The first-order valence-electron chi connectivity index (χ1n) is 5.19. The summed E-state index contributed by atoms with van der Waals surface area (Å²) >= 11 is 0. The minimum absolute atomic E-state index is 0.0353. The molecule has 2 rings (SSSR count). The smallest absolute Gasteiger partial charge is 0.339 e. The van der Waals surface area contributed by atoms with Crippen molar-refractivity contribution in [2.75, 3.05) is 0 Å². The molecule has 0 radical (unpaired) electrons. The predicted molar refractivity (Wildman–Crippen MR) is 56.4 cm³/mol. The monoisotopic (exact) mass is 206 g/mol. The molecule has 2 N–H and O–H groups in total. The van der Waals surface area contributed by atoms with E-state index in [-0.39, 0.29) is 11.3 Å². The van der Waals surface area contributed by atoms with Gasteiger partial charge in [-0.2, -0.15) is 0 Å². The number of rotatable bonds is 1. The van der Waals surface area contributed by atoms with Gasteiger partial charge < -0.3 is 10.2 Å². The molecular weight excluding hydrogens is 192 g/mol. The number of aromatic carboxylic acids is 1. The summed E-state index contributed by atoms with van der Waals surface area (Å²) in [7, 11) is 0. The van der Waals surface area contributed by atoms with Crippen molar-refractivity contribution in [2.24, 2.45) is 0 Å². The molecule has 0 unspecified atom stereocenters. The Balaban J connectivity index is 2.63. The zero-order chi connectivity index (χ0) is 11.0. The van der Waals surface area contributed by atoms with Gasteiger partial charge in [-0.3, -0.25) is 0 Å². The maximum atomic E-state index is 10.9. The highest BCUT2D eigenvalue weighted by Gasteiger charge is 2.20. The highest BCUT2D eigenvalue weighted by atomic mass is 16.4. The van der Waals surface area contributed by atoms with Crippen molar-refractivity contribution in [3.8, 4) is 5.75 Å². The maximum absolute atomic E-state index is 10.9.